The highest BCUT2D eigenvalue weighted by Crippen LogP contribution is 2.41. The molecule has 0 atom stereocenters. The first-order chi connectivity index (χ1) is 13.2. The van der Waals surface area contributed by atoms with Crippen molar-refractivity contribution in [3.63, 3.8) is 0 Å². The van der Waals surface area contributed by atoms with Crippen LogP contribution in [-0.2, 0) is 17.6 Å². The summed E-state index contributed by atoms with van der Waals surface area (Å²) in [5, 5.41) is 8.96. The minimum absolute atomic E-state index is 0.894. The van der Waals surface area contributed by atoms with Gasteiger partial charge in [-0.3, -0.25) is 0 Å². The summed E-state index contributed by atoms with van der Waals surface area (Å²) in [5.74, 6) is -0.894. The van der Waals surface area contributed by atoms with E-state index in [-0.39, 0.29) is 0 Å². The number of thiophene rings is 1. The van der Waals surface area contributed by atoms with Crippen molar-refractivity contribution in [2.24, 2.45) is 0 Å². The van der Waals surface area contributed by atoms with Crippen LogP contribution in [0.4, 0.5) is 0 Å². The van der Waals surface area contributed by atoms with E-state index in [1.807, 2.05) is 0 Å². The third-order valence-corrected chi connectivity index (χ3v) is 6.82. The average molecular weight is 380 g/mol. The second kappa shape index (κ2) is 7.83. The lowest BCUT2D eigenvalue weighted by Gasteiger charge is -2.29. The van der Waals surface area contributed by atoms with Gasteiger partial charge in [-0.25, -0.2) is 4.79 Å². The molecule has 0 bridgehead atoms. The second-order valence-corrected chi connectivity index (χ2v) is 8.40. The minimum Gasteiger partial charge on any atom is -0.478 e. The predicted octanol–water partition coefficient (Wildman–Crippen LogP) is 4.86. The first-order valence-corrected chi connectivity index (χ1v) is 10.5. The van der Waals surface area contributed by atoms with Gasteiger partial charge in [-0.15, -0.1) is 11.3 Å². The van der Waals surface area contributed by atoms with E-state index in [1.54, 1.807) is 23.0 Å². The van der Waals surface area contributed by atoms with Gasteiger partial charge in [0.05, 0.1) is 0 Å². The number of hydrogen-bond donors (Lipinski definition) is 1. The number of aryl methyl sites for hydroxylation is 2. The Morgan fingerprint density at radius 1 is 1.15 bits per heavy atom. The molecule has 0 saturated carbocycles. The lowest BCUT2D eigenvalue weighted by molar-refractivity contribution is -0.131. The Morgan fingerprint density at radius 3 is 2.67 bits per heavy atom. The highest BCUT2D eigenvalue weighted by atomic mass is 32.1. The quantitative estimate of drug-likeness (QED) is 0.774. The molecule has 4 heteroatoms. The van der Waals surface area contributed by atoms with Gasteiger partial charge in [-0.2, -0.15) is 0 Å². The van der Waals surface area contributed by atoms with Crippen molar-refractivity contribution >= 4 is 29.0 Å². The molecule has 0 unspecified atom stereocenters. The van der Waals surface area contributed by atoms with Gasteiger partial charge >= 0.3 is 5.97 Å². The maximum atomic E-state index is 10.9. The lowest BCUT2D eigenvalue weighted by atomic mass is 9.87. The van der Waals surface area contributed by atoms with E-state index in [1.165, 1.54) is 33.2 Å². The SMILES string of the molecule is CCN1CCC(=C2c3ccccc3CCc3sc(C=CC(=O)O)cc32)CC1. The van der Waals surface area contributed by atoms with Gasteiger partial charge in [0, 0.05) is 28.9 Å². The number of likely N-dealkylation sites (tertiary alicyclic amines) is 1. The first kappa shape index (κ1) is 18.2. The molecule has 1 aromatic carbocycles. The van der Waals surface area contributed by atoms with Crippen LogP contribution in [0.25, 0.3) is 11.6 Å². The Morgan fingerprint density at radius 2 is 1.93 bits per heavy atom. The molecular weight excluding hydrogens is 354 g/mol. The fourth-order valence-corrected chi connectivity index (χ4v) is 5.30. The van der Waals surface area contributed by atoms with Gasteiger partial charge in [0.25, 0.3) is 0 Å². The molecule has 1 saturated heterocycles. The van der Waals surface area contributed by atoms with Gasteiger partial charge in [0.2, 0.25) is 0 Å². The van der Waals surface area contributed by atoms with Gasteiger partial charge in [0.15, 0.2) is 0 Å². The Labute approximate surface area is 164 Å². The lowest BCUT2D eigenvalue weighted by Crippen LogP contribution is -2.30. The molecule has 1 aliphatic heterocycles. The molecule has 2 aliphatic rings. The van der Waals surface area contributed by atoms with E-state index in [0.29, 0.717) is 0 Å². The molecule has 27 heavy (non-hydrogen) atoms. The summed E-state index contributed by atoms with van der Waals surface area (Å²) in [5.41, 5.74) is 7.11. The van der Waals surface area contributed by atoms with Crippen LogP contribution in [0, 0.1) is 0 Å². The summed E-state index contributed by atoms with van der Waals surface area (Å²) >= 11 is 1.74. The van der Waals surface area contributed by atoms with E-state index in [0.717, 1.165) is 50.2 Å². The van der Waals surface area contributed by atoms with E-state index in [2.05, 4.69) is 42.2 Å². The predicted molar refractivity (Wildman–Crippen MR) is 112 cm³/mol. The molecule has 2 heterocycles. The summed E-state index contributed by atoms with van der Waals surface area (Å²) in [6.07, 6.45) is 7.28. The fraction of sp³-hybridized carbons (Fsp3) is 0.348. The molecule has 0 amide bonds. The summed E-state index contributed by atoms with van der Waals surface area (Å²) in [7, 11) is 0. The van der Waals surface area contributed by atoms with Crippen molar-refractivity contribution in [3.8, 4) is 0 Å². The molecule has 2 aromatic rings. The minimum atomic E-state index is -0.894. The van der Waals surface area contributed by atoms with Crippen LogP contribution in [0.15, 0.2) is 42.0 Å². The number of nitrogens with zero attached hydrogens (tertiary/aromatic N) is 1. The Hall–Kier alpha value is -2.17. The molecule has 140 valence electrons. The zero-order valence-electron chi connectivity index (χ0n) is 15.7. The largest absolute Gasteiger partial charge is 0.478 e. The van der Waals surface area contributed by atoms with Crippen molar-refractivity contribution in [1.82, 2.24) is 4.90 Å². The van der Waals surface area contributed by atoms with E-state index < -0.39 is 5.97 Å². The van der Waals surface area contributed by atoms with Crippen LogP contribution in [-0.4, -0.2) is 35.6 Å². The maximum absolute atomic E-state index is 10.9. The molecule has 1 aliphatic carbocycles. The number of hydrogen-bond acceptors (Lipinski definition) is 3. The topological polar surface area (TPSA) is 40.5 Å². The molecule has 4 rings (SSSR count). The molecule has 3 nitrogen and oxygen atoms in total. The summed E-state index contributed by atoms with van der Waals surface area (Å²) < 4.78 is 0. The monoisotopic (exact) mass is 379 g/mol. The Kier molecular flexibility index (Phi) is 5.28. The van der Waals surface area contributed by atoms with Crippen LogP contribution in [0.3, 0.4) is 0 Å². The zero-order chi connectivity index (χ0) is 18.8. The van der Waals surface area contributed by atoms with E-state index >= 15 is 0 Å². The highest BCUT2D eigenvalue weighted by Gasteiger charge is 2.25. The van der Waals surface area contributed by atoms with Crippen molar-refractivity contribution < 1.29 is 9.90 Å². The van der Waals surface area contributed by atoms with Gasteiger partial charge in [-0.05, 0) is 66.6 Å². The fourth-order valence-electron chi connectivity index (χ4n) is 4.23. The standard InChI is InChI=1S/C23H25NO2S/c1-2-24-13-11-17(12-14-24)23-19-6-4-3-5-16(19)7-9-21-20(23)15-18(27-21)8-10-22(25)26/h3-6,8,10,15H,2,7,9,11-14H2,1H3,(H,25,26). The van der Waals surface area contributed by atoms with Crippen molar-refractivity contribution in [2.75, 3.05) is 19.6 Å². The number of aliphatic carboxylic acids is 1. The Bertz CT molecular complexity index is 912. The van der Waals surface area contributed by atoms with E-state index in [4.69, 9.17) is 5.11 Å². The van der Waals surface area contributed by atoms with Crippen LogP contribution >= 0.6 is 11.3 Å². The normalized spacial score (nSPS) is 17.7. The van der Waals surface area contributed by atoms with Gasteiger partial charge < -0.3 is 10.0 Å². The second-order valence-electron chi connectivity index (χ2n) is 7.23. The third-order valence-electron chi connectivity index (χ3n) is 5.66. The van der Waals surface area contributed by atoms with Crippen LogP contribution in [0.1, 0.15) is 46.2 Å². The summed E-state index contributed by atoms with van der Waals surface area (Å²) in [6, 6.07) is 11.0. The van der Waals surface area contributed by atoms with Crippen LogP contribution in [0.5, 0.6) is 0 Å². The summed E-state index contributed by atoms with van der Waals surface area (Å²) in [6.45, 7) is 5.61. The average Bonchev–Trinajstić information content (AvgIpc) is 3.02. The molecule has 0 radical (unpaired) electrons. The molecule has 1 N–H and O–H groups in total. The summed E-state index contributed by atoms with van der Waals surface area (Å²) in [4.78, 5) is 15.8. The maximum Gasteiger partial charge on any atom is 0.328 e. The number of piperidine rings is 1. The zero-order valence-corrected chi connectivity index (χ0v) is 16.5. The van der Waals surface area contributed by atoms with Gasteiger partial charge in [-0.1, -0.05) is 36.8 Å². The number of benzene rings is 1. The number of carboxylic acids is 1. The molecule has 0 spiro atoms. The smallest absolute Gasteiger partial charge is 0.328 e. The van der Waals surface area contributed by atoms with Crippen molar-refractivity contribution in [2.45, 2.75) is 32.6 Å². The number of carbonyl (C=O) groups is 1. The van der Waals surface area contributed by atoms with Crippen LogP contribution < -0.4 is 0 Å². The third kappa shape index (κ3) is 3.78. The number of rotatable bonds is 3. The molecule has 1 aromatic heterocycles. The molecule has 1 fully saturated rings. The van der Waals surface area contributed by atoms with Gasteiger partial charge in [0.1, 0.15) is 0 Å². The van der Waals surface area contributed by atoms with E-state index in [9.17, 15) is 4.79 Å². The number of fused-ring (bicyclic) bond motifs is 2. The Balaban J connectivity index is 1.82. The van der Waals surface area contributed by atoms with Crippen molar-refractivity contribution in [3.05, 3.63) is 68.4 Å². The van der Waals surface area contributed by atoms with Crippen LogP contribution in [0.2, 0.25) is 0 Å². The van der Waals surface area contributed by atoms with Crippen molar-refractivity contribution in [1.29, 1.82) is 0 Å². The first-order valence-electron chi connectivity index (χ1n) is 9.72. The highest BCUT2D eigenvalue weighted by molar-refractivity contribution is 7.13. The number of carboxylic acid groups (broad SMARTS) is 1. The molecular formula is C23H25NO2S.